The van der Waals surface area contributed by atoms with Crippen LogP contribution in [-0.4, -0.2) is 20.5 Å². The molecule has 1 aromatic carbocycles. The molecular weight excluding hydrogens is 347 g/mol. The van der Waals surface area contributed by atoms with Gasteiger partial charge in [-0.15, -0.1) is 0 Å². The van der Waals surface area contributed by atoms with Gasteiger partial charge in [-0.3, -0.25) is 10.7 Å². The number of phenolic OH excluding ortho intramolecular Hbond substituents is 1. The number of amides is 1. The number of phenols is 1. The molecule has 0 aliphatic rings. The highest BCUT2D eigenvalue weighted by molar-refractivity contribution is 14.1. The van der Waals surface area contributed by atoms with Gasteiger partial charge in [0.15, 0.2) is 0 Å². The van der Waals surface area contributed by atoms with Crippen molar-refractivity contribution >= 4 is 38.1 Å². The Kier molecular flexibility index (Phi) is 4.55. The fourth-order valence-corrected chi connectivity index (χ4v) is 1.68. The highest BCUT2D eigenvalue weighted by Gasteiger charge is 2.17. The number of hydrogen-bond acceptors (Lipinski definition) is 4. The second-order valence-electron chi connectivity index (χ2n) is 4.67. The topological polar surface area (TPSA) is 82.4 Å². The lowest BCUT2D eigenvalue weighted by Gasteiger charge is -2.20. The summed E-state index contributed by atoms with van der Waals surface area (Å²) in [6, 6.07) is 4.39. The van der Waals surface area contributed by atoms with E-state index in [1.54, 1.807) is 43.4 Å². The van der Waals surface area contributed by atoms with Crippen molar-refractivity contribution in [1.29, 1.82) is 5.41 Å². The van der Waals surface area contributed by atoms with Crippen LogP contribution < -0.4 is 5.32 Å². The predicted molar refractivity (Wildman–Crippen MR) is 78.8 cm³/mol. The second-order valence-corrected chi connectivity index (χ2v) is 5.75. The molecule has 0 aromatic heterocycles. The van der Waals surface area contributed by atoms with E-state index in [2.05, 4.69) is 5.32 Å². The van der Waals surface area contributed by atoms with Crippen molar-refractivity contribution in [3.8, 4) is 5.75 Å². The summed E-state index contributed by atoms with van der Waals surface area (Å²) in [7, 11) is 0. The second kappa shape index (κ2) is 5.55. The number of aromatic hydroxyl groups is 1. The third-order valence-electron chi connectivity index (χ3n) is 1.88. The van der Waals surface area contributed by atoms with Gasteiger partial charge in [0, 0.05) is 5.56 Å². The first-order valence-electron chi connectivity index (χ1n) is 5.26. The van der Waals surface area contributed by atoms with Crippen LogP contribution in [0.4, 0.5) is 10.5 Å². The number of anilines is 1. The van der Waals surface area contributed by atoms with E-state index in [9.17, 15) is 9.90 Å². The summed E-state index contributed by atoms with van der Waals surface area (Å²) in [5.41, 5.74) is 0.293. The fraction of sp³-hybridized carbons (Fsp3) is 0.333. The molecule has 0 fully saturated rings. The van der Waals surface area contributed by atoms with Crippen LogP contribution in [0.25, 0.3) is 0 Å². The third-order valence-corrected chi connectivity index (χ3v) is 2.46. The Balaban J connectivity index is 2.91. The Bertz CT molecular complexity index is 481. The zero-order valence-corrected chi connectivity index (χ0v) is 12.5. The molecule has 1 rings (SSSR count). The molecule has 5 nitrogen and oxygen atoms in total. The SMILES string of the molecule is CC(C)(C)OC(=O)Nc1ccc(O)cc1C(=N)I. The van der Waals surface area contributed by atoms with Crippen LogP contribution in [0.5, 0.6) is 5.75 Å². The summed E-state index contributed by atoms with van der Waals surface area (Å²) in [6.07, 6.45) is -0.591. The first-order valence-corrected chi connectivity index (χ1v) is 6.34. The number of rotatable bonds is 2. The minimum Gasteiger partial charge on any atom is -0.508 e. The molecule has 1 aromatic rings. The van der Waals surface area contributed by atoms with Crippen molar-refractivity contribution in [2.45, 2.75) is 26.4 Å². The first-order chi connectivity index (χ1) is 8.19. The lowest BCUT2D eigenvalue weighted by atomic mass is 10.2. The molecule has 0 radical (unpaired) electrons. The maximum atomic E-state index is 11.6. The van der Waals surface area contributed by atoms with Crippen LogP contribution in [0.3, 0.4) is 0 Å². The molecule has 0 bridgehead atoms. The lowest BCUT2D eigenvalue weighted by Crippen LogP contribution is -2.27. The minimum absolute atomic E-state index is 0.0427. The Labute approximate surface area is 119 Å². The molecule has 0 aliphatic carbocycles. The molecule has 18 heavy (non-hydrogen) atoms. The van der Waals surface area contributed by atoms with Crippen molar-refractivity contribution in [3.63, 3.8) is 0 Å². The molecule has 98 valence electrons. The van der Waals surface area contributed by atoms with Crippen molar-refractivity contribution < 1.29 is 14.6 Å². The standard InChI is InChI=1S/C12H15IN2O3/c1-12(2,3)18-11(17)15-9-5-4-7(16)6-8(9)10(13)14/h4-6,14,16H,1-3H3,(H,15,17). The molecule has 6 heteroatoms. The third kappa shape index (κ3) is 4.52. The van der Waals surface area contributed by atoms with E-state index in [1.165, 1.54) is 18.2 Å². The minimum atomic E-state index is -0.591. The molecule has 0 aliphatic heterocycles. The highest BCUT2D eigenvalue weighted by Crippen LogP contribution is 2.24. The highest BCUT2D eigenvalue weighted by atomic mass is 127. The zero-order valence-electron chi connectivity index (χ0n) is 10.4. The van der Waals surface area contributed by atoms with Gasteiger partial charge in [0.25, 0.3) is 0 Å². The smallest absolute Gasteiger partial charge is 0.412 e. The average Bonchev–Trinajstić information content (AvgIpc) is 2.17. The summed E-state index contributed by atoms with van der Waals surface area (Å²) in [4.78, 5) is 11.6. The molecule has 0 saturated carbocycles. The first kappa shape index (κ1) is 14.7. The molecule has 0 heterocycles. The van der Waals surface area contributed by atoms with E-state index in [0.29, 0.717) is 11.3 Å². The molecule has 0 saturated heterocycles. The van der Waals surface area contributed by atoms with Crippen LogP contribution in [0, 0.1) is 5.41 Å². The lowest BCUT2D eigenvalue weighted by molar-refractivity contribution is 0.0636. The van der Waals surface area contributed by atoms with Crippen LogP contribution in [0.1, 0.15) is 26.3 Å². The number of carbonyl (C=O) groups excluding carboxylic acids is 1. The summed E-state index contributed by atoms with van der Waals surface area (Å²) < 4.78 is 5.34. The summed E-state index contributed by atoms with van der Waals surface area (Å²) in [5, 5.41) is 19.5. The summed E-state index contributed by atoms with van der Waals surface area (Å²) in [6.45, 7) is 5.31. The van der Waals surface area contributed by atoms with Crippen molar-refractivity contribution in [3.05, 3.63) is 23.8 Å². The Morgan fingerprint density at radius 2 is 2.06 bits per heavy atom. The van der Waals surface area contributed by atoms with Gasteiger partial charge in [-0.25, -0.2) is 4.79 Å². The molecule has 3 N–H and O–H groups in total. The van der Waals surface area contributed by atoms with Crippen LogP contribution in [0.15, 0.2) is 18.2 Å². The average molecular weight is 362 g/mol. The van der Waals surface area contributed by atoms with Crippen LogP contribution in [-0.2, 0) is 4.74 Å². The Hall–Kier alpha value is -1.31. The van der Waals surface area contributed by atoms with Crippen LogP contribution >= 0.6 is 22.6 Å². The van der Waals surface area contributed by atoms with Crippen molar-refractivity contribution in [1.82, 2.24) is 0 Å². The van der Waals surface area contributed by atoms with Gasteiger partial charge in [-0.05, 0) is 61.6 Å². The maximum Gasteiger partial charge on any atom is 0.412 e. The number of benzene rings is 1. The number of nitrogens with one attached hydrogen (secondary N) is 2. The van der Waals surface area contributed by atoms with Crippen molar-refractivity contribution in [2.75, 3.05) is 5.32 Å². The maximum absolute atomic E-state index is 11.6. The number of ether oxygens (including phenoxy) is 1. The van der Waals surface area contributed by atoms with Gasteiger partial charge in [-0.1, -0.05) is 0 Å². The molecule has 0 spiro atoms. The van der Waals surface area contributed by atoms with E-state index in [-0.39, 0.29) is 9.47 Å². The van der Waals surface area contributed by atoms with E-state index in [0.717, 1.165) is 0 Å². The zero-order chi connectivity index (χ0) is 13.9. The molecular formula is C12H15IN2O3. The fourth-order valence-electron chi connectivity index (χ4n) is 1.24. The normalized spacial score (nSPS) is 10.9. The predicted octanol–water partition coefficient (Wildman–Crippen LogP) is 3.50. The monoisotopic (exact) mass is 362 g/mol. The van der Waals surface area contributed by atoms with Gasteiger partial charge in [0.1, 0.15) is 15.1 Å². The Morgan fingerprint density at radius 1 is 1.44 bits per heavy atom. The van der Waals surface area contributed by atoms with E-state index in [1.807, 2.05) is 0 Å². The largest absolute Gasteiger partial charge is 0.508 e. The molecule has 1 amide bonds. The van der Waals surface area contributed by atoms with Crippen molar-refractivity contribution in [2.24, 2.45) is 0 Å². The Morgan fingerprint density at radius 3 is 2.56 bits per heavy atom. The number of hydrogen-bond donors (Lipinski definition) is 3. The summed E-state index contributed by atoms with van der Waals surface area (Å²) >= 11 is 1.81. The quantitative estimate of drug-likeness (QED) is 0.428. The van der Waals surface area contributed by atoms with E-state index >= 15 is 0 Å². The summed E-state index contributed by atoms with van der Waals surface area (Å²) in [5.74, 6) is 0.0427. The van der Waals surface area contributed by atoms with E-state index < -0.39 is 11.7 Å². The number of carbonyl (C=O) groups is 1. The van der Waals surface area contributed by atoms with Gasteiger partial charge in [-0.2, -0.15) is 0 Å². The van der Waals surface area contributed by atoms with Gasteiger partial charge >= 0.3 is 6.09 Å². The van der Waals surface area contributed by atoms with E-state index in [4.69, 9.17) is 10.1 Å². The molecule has 0 unspecified atom stereocenters. The number of halogens is 1. The van der Waals surface area contributed by atoms with Crippen LogP contribution in [0.2, 0.25) is 0 Å². The van der Waals surface area contributed by atoms with Gasteiger partial charge in [0.2, 0.25) is 0 Å². The van der Waals surface area contributed by atoms with Gasteiger partial charge < -0.3 is 9.84 Å². The van der Waals surface area contributed by atoms with Gasteiger partial charge in [0.05, 0.1) is 5.69 Å². The molecule has 0 atom stereocenters.